The molecule has 0 fully saturated rings. The van der Waals surface area contributed by atoms with Crippen molar-refractivity contribution >= 4 is 15.9 Å². The topological polar surface area (TPSA) is 20.2 Å². The smallest absolute Gasteiger partial charge is 0.123 e. The molecule has 0 aliphatic heterocycles. The molecule has 1 N–H and O–H groups in total. The van der Waals surface area contributed by atoms with Gasteiger partial charge in [-0.15, -0.1) is 0 Å². The van der Waals surface area contributed by atoms with Crippen molar-refractivity contribution in [3.63, 3.8) is 0 Å². The fourth-order valence-electron chi connectivity index (χ4n) is 1.36. The van der Waals surface area contributed by atoms with Crippen LogP contribution in [-0.2, 0) is 0 Å². The summed E-state index contributed by atoms with van der Waals surface area (Å²) in [5.41, 5.74) is 1.87. The molecule has 2 aromatic carbocycles. The molecule has 0 amide bonds. The summed E-state index contributed by atoms with van der Waals surface area (Å²) in [5.74, 6) is 0.305. The Morgan fingerprint density at radius 2 is 1.64 bits per heavy atom. The van der Waals surface area contributed by atoms with Crippen LogP contribution in [-0.4, -0.2) is 5.11 Å². The predicted octanol–water partition coefficient (Wildman–Crippen LogP) is 3.82. The van der Waals surface area contributed by atoms with Crippen LogP contribution >= 0.6 is 15.9 Å². The molecule has 70 valence electrons. The van der Waals surface area contributed by atoms with Crippen molar-refractivity contribution in [3.05, 3.63) is 53.0 Å². The minimum absolute atomic E-state index is 0.305. The Morgan fingerprint density at radius 3 is 2.36 bits per heavy atom. The number of benzene rings is 2. The quantitative estimate of drug-likeness (QED) is 0.814. The molecule has 0 saturated heterocycles. The molecule has 1 nitrogen and oxygen atoms in total. The largest absolute Gasteiger partial charge is 0.507 e. The minimum Gasteiger partial charge on any atom is -0.507 e. The second-order valence-corrected chi connectivity index (χ2v) is 3.94. The van der Waals surface area contributed by atoms with E-state index in [1.165, 1.54) is 0 Å². The Labute approximate surface area is 91.2 Å². The van der Waals surface area contributed by atoms with Gasteiger partial charge in [0.2, 0.25) is 0 Å². The van der Waals surface area contributed by atoms with E-state index in [9.17, 15) is 5.11 Å². The molecule has 2 heteroatoms. The van der Waals surface area contributed by atoms with Crippen LogP contribution in [0.3, 0.4) is 0 Å². The lowest BCUT2D eigenvalue weighted by Gasteiger charge is -2.04. The van der Waals surface area contributed by atoms with Crippen molar-refractivity contribution in [2.24, 2.45) is 0 Å². The monoisotopic (exact) mass is 248 g/mol. The summed E-state index contributed by atoms with van der Waals surface area (Å²) in [6.45, 7) is 0. The summed E-state index contributed by atoms with van der Waals surface area (Å²) in [6.07, 6.45) is 0. The summed E-state index contributed by atoms with van der Waals surface area (Å²) >= 11 is 3.38. The molecule has 0 aromatic heterocycles. The number of aromatic hydroxyl groups is 1. The van der Waals surface area contributed by atoms with Crippen molar-refractivity contribution in [2.75, 3.05) is 0 Å². The van der Waals surface area contributed by atoms with E-state index >= 15 is 0 Å². The molecule has 2 rings (SSSR count). The third-order valence-electron chi connectivity index (χ3n) is 2.04. The van der Waals surface area contributed by atoms with Gasteiger partial charge in [-0.05, 0) is 23.8 Å². The van der Waals surface area contributed by atoms with Crippen LogP contribution < -0.4 is 0 Å². The predicted molar refractivity (Wildman–Crippen MR) is 61.2 cm³/mol. The van der Waals surface area contributed by atoms with E-state index in [0.717, 1.165) is 15.6 Å². The minimum atomic E-state index is 0.305. The van der Waals surface area contributed by atoms with Gasteiger partial charge in [0.1, 0.15) is 5.75 Å². The highest BCUT2D eigenvalue weighted by Gasteiger charge is 2.03. The van der Waals surface area contributed by atoms with E-state index in [1.807, 2.05) is 42.5 Å². The van der Waals surface area contributed by atoms with Crippen molar-refractivity contribution in [1.29, 1.82) is 0 Å². The average molecular weight is 249 g/mol. The summed E-state index contributed by atoms with van der Waals surface area (Å²) in [4.78, 5) is 0. The third kappa shape index (κ3) is 1.80. The molecular weight excluding hydrogens is 240 g/mol. The van der Waals surface area contributed by atoms with E-state index in [4.69, 9.17) is 0 Å². The Kier molecular flexibility index (Phi) is 2.55. The molecule has 0 spiro atoms. The first-order valence-electron chi connectivity index (χ1n) is 4.31. The number of phenols is 1. The molecule has 0 atom stereocenters. The van der Waals surface area contributed by atoms with Gasteiger partial charge >= 0.3 is 0 Å². The van der Waals surface area contributed by atoms with Crippen LogP contribution in [0.5, 0.6) is 5.75 Å². The summed E-state index contributed by atoms with van der Waals surface area (Å²) in [6, 6.07) is 15.2. The number of rotatable bonds is 1. The second kappa shape index (κ2) is 3.84. The Balaban J connectivity index is 2.57. The first-order valence-corrected chi connectivity index (χ1v) is 5.10. The second-order valence-electron chi connectivity index (χ2n) is 3.03. The maximum absolute atomic E-state index is 9.67. The molecule has 0 aliphatic carbocycles. The normalized spacial score (nSPS) is 10.1. The zero-order chi connectivity index (χ0) is 9.97. The van der Waals surface area contributed by atoms with Crippen LogP contribution in [0, 0.1) is 0 Å². The standard InChI is InChI=1S/C12H9BrO/c13-10-6-7-12(14)11(8-10)9-4-2-1-3-5-9/h1-8,14H. The van der Waals surface area contributed by atoms with Gasteiger partial charge in [0.05, 0.1) is 0 Å². The van der Waals surface area contributed by atoms with Crippen molar-refractivity contribution in [2.45, 2.75) is 0 Å². The number of hydrogen-bond donors (Lipinski definition) is 1. The number of hydrogen-bond acceptors (Lipinski definition) is 1. The summed E-state index contributed by atoms with van der Waals surface area (Å²) < 4.78 is 0.967. The van der Waals surface area contributed by atoms with Crippen molar-refractivity contribution in [1.82, 2.24) is 0 Å². The molecule has 0 heterocycles. The van der Waals surface area contributed by atoms with Gasteiger partial charge in [0.25, 0.3) is 0 Å². The van der Waals surface area contributed by atoms with E-state index in [0.29, 0.717) is 5.75 Å². The van der Waals surface area contributed by atoms with E-state index in [2.05, 4.69) is 15.9 Å². The van der Waals surface area contributed by atoms with Gasteiger partial charge in [-0.3, -0.25) is 0 Å². The molecule has 14 heavy (non-hydrogen) atoms. The van der Waals surface area contributed by atoms with Gasteiger partial charge in [-0.2, -0.15) is 0 Å². The highest BCUT2D eigenvalue weighted by atomic mass is 79.9. The molecular formula is C12H9BrO. The molecule has 0 radical (unpaired) electrons. The Hall–Kier alpha value is -1.28. The van der Waals surface area contributed by atoms with E-state index < -0.39 is 0 Å². The fourth-order valence-corrected chi connectivity index (χ4v) is 1.72. The summed E-state index contributed by atoms with van der Waals surface area (Å²) in [7, 11) is 0. The highest BCUT2D eigenvalue weighted by Crippen LogP contribution is 2.31. The Bertz CT molecular complexity index is 437. The lowest BCUT2D eigenvalue weighted by Crippen LogP contribution is -1.78. The van der Waals surface area contributed by atoms with Crippen LogP contribution in [0.25, 0.3) is 11.1 Å². The maximum atomic E-state index is 9.67. The zero-order valence-electron chi connectivity index (χ0n) is 7.44. The van der Waals surface area contributed by atoms with Gasteiger partial charge in [-0.25, -0.2) is 0 Å². The summed E-state index contributed by atoms with van der Waals surface area (Å²) in [5, 5.41) is 9.67. The molecule has 2 aromatic rings. The lowest BCUT2D eigenvalue weighted by atomic mass is 10.1. The average Bonchev–Trinajstić information content (AvgIpc) is 2.23. The van der Waals surface area contributed by atoms with Gasteiger partial charge in [-0.1, -0.05) is 46.3 Å². The van der Waals surface area contributed by atoms with Crippen molar-refractivity contribution < 1.29 is 5.11 Å². The van der Waals surface area contributed by atoms with Crippen LogP contribution in [0.2, 0.25) is 0 Å². The van der Waals surface area contributed by atoms with Crippen LogP contribution in [0.1, 0.15) is 0 Å². The molecule has 0 saturated carbocycles. The molecule has 0 bridgehead atoms. The lowest BCUT2D eigenvalue weighted by molar-refractivity contribution is 0.477. The van der Waals surface area contributed by atoms with Gasteiger partial charge in [0, 0.05) is 10.0 Å². The van der Waals surface area contributed by atoms with Gasteiger partial charge < -0.3 is 5.11 Å². The van der Waals surface area contributed by atoms with E-state index in [-0.39, 0.29) is 0 Å². The van der Waals surface area contributed by atoms with Crippen LogP contribution in [0.15, 0.2) is 53.0 Å². The molecule has 0 unspecified atom stereocenters. The third-order valence-corrected chi connectivity index (χ3v) is 2.54. The van der Waals surface area contributed by atoms with Gasteiger partial charge in [0.15, 0.2) is 0 Å². The number of halogens is 1. The van der Waals surface area contributed by atoms with Crippen molar-refractivity contribution in [3.8, 4) is 16.9 Å². The first-order chi connectivity index (χ1) is 6.77. The highest BCUT2D eigenvalue weighted by molar-refractivity contribution is 9.10. The van der Waals surface area contributed by atoms with E-state index in [1.54, 1.807) is 6.07 Å². The number of phenolic OH excluding ortho intramolecular Hbond substituents is 1. The first kappa shape index (κ1) is 9.28. The molecule has 0 aliphatic rings. The zero-order valence-corrected chi connectivity index (χ0v) is 9.03. The van der Waals surface area contributed by atoms with Crippen LogP contribution in [0.4, 0.5) is 0 Å². The maximum Gasteiger partial charge on any atom is 0.123 e. The fraction of sp³-hybridized carbons (Fsp3) is 0. The SMILES string of the molecule is Oc1ccc(Br)cc1-c1ccccc1. The Morgan fingerprint density at radius 1 is 0.929 bits per heavy atom.